The molecule has 0 aromatic rings. The van der Waals surface area contributed by atoms with Crippen molar-refractivity contribution in [3.05, 3.63) is 12.2 Å². The van der Waals surface area contributed by atoms with Gasteiger partial charge in [0, 0.05) is 12.8 Å². The van der Waals surface area contributed by atoms with Crippen LogP contribution in [0.3, 0.4) is 0 Å². The van der Waals surface area contributed by atoms with E-state index >= 15 is 0 Å². The zero-order valence-corrected chi connectivity index (χ0v) is 28.1. The Balaban J connectivity index is 4.16. The number of hydrogen-bond acceptors (Lipinski definition) is 5. The van der Waals surface area contributed by atoms with Gasteiger partial charge in [-0.2, -0.15) is 0 Å². The number of carbonyl (C=O) groups is 3. The molecule has 7 nitrogen and oxygen atoms in total. The topological polar surface area (TPSA) is 119 Å². The molecule has 0 spiro atoms. The molecule has 252 valence electrons. The van der Waals surface area contributed by atoms with Crippen LogP contribution in [0.25, 0.3) is 0 Å². The maximum absolute atomic E-state index is 12.6. The molecule has 0 aromatic heterocycles. The SMILES string of the molecule is CCCCC/C=C\C(CCCCCCC(=O)NC(CCCN)C(=O)O)OC(=O)CCCCCCCCCCCCCCC. The highest BCUT2D eigenvalue weighted by Crippen LogP contribution is 2.16. The van der Waals surface area contributed by atoms with E-state index in [1.54, 1.807) is 0 Å². The molecule has 2 atom stereocenters. The van der Waals surface area contributed by atoms with Gasteiger partial charge in [-0.25, -0.2) is 4.79 Å². The van der Waals surface area contributed by atoms with E-state index in [0.717, 1.165) is 51.4 Å². The average Bonchev–Trinajstić information content (AvgIpc) is 2.98. The molecule has 0 fully saturated rings. The fraction of sp³-hybridized carbons (Fsp3) is 0.861. The molecule has 0 aliphatic rings. The number of hydrogen-bond donors (Lipinski definition) is 3. The first-order valence-corrected chi connectivity index (χ1v) is 18.0. The third-order valence-corrected chi connectivity index (χ3v) is 8.07. The van der Waals surface area contributed by atoms with Crippen molar-refractivity contribution in [3.8, 4) is 0 Å². The lowest BCUT2D eigenvalue weighted by Gasteiger charge is -2.15. The Morgan fingerprint density at radius 1 is 0.674 bits per heavy atom. The van der Waals surface area contributed by atoms with E-state index in [4.69, 9.17) is 10.5 Å². The number of unbranched alkanes of at least 4 members (excludes halogenated alkanes) is 18. The Bertz CT molecular complexity index is 697. The Kier molecular flexibility index (Phi) is 30.1. The van der Waals surface area contributed by atoms with Gasteiger partial charge in [-0.15, -0.1) is 0 Å². The van der Waals surface area contributed by atoms with Crippen molar-refractivity contribution in [2.24, 2.45) is 5.73 Å². The number of nitrogens with one attached hydrogen (secondary N) is 1. The summed E-state index contributed by atoms with van der Waals surface area (Å²) in [6.07, 6.45) is 31.3. The zero-order chi connectivity index (χ0) is 31.8. The summed E-state index contributed by atoms with van der Waals surface area (Å²) in [5.74, 6) is -1.33. The second-order valence-corrected chi connectivity index (χ2v) is 12.3. The molecule has 0 aromatic carbocycles. The Morgan fingerprint density at radius 2 is 1.19 bits per heavy atom. The molecule has 0 aliphatic carbocycles. The highest BCUT2D eigenvalue weighted by atomic mass is 16.5. The van der Waals surface area contributed by atoms with E-state index in [1.807, 2.05) is 0 Å². The van der Waals surface area contributed by atoms with Gasteiger partial charge >= 0.3 is 11.9 Å². The van der Waals surface area contributed by atoms with Gasteiger partial charge in [-0.05, 0) is 64.0 Å². The second-order valence-electron chi connectivity index (χ2n) is 12.3. The third-order valence-electron chi connectivity index (χ3n) is 8.07. The van der Waals surface area contributed by atoms with E-state index in [1.165, 1.54) is 83.5 Å². The van der Waals surface area contributed by atoms with Crippen molar-refractivity contribution in [2.45, 2.75) is 193 Å². The number of allylic oxidation sites excluding steroid dienone is 1. The molecule has 0 aliphatic heterocycles. The summed E-state index contributed by atoms with van der Waals surface area (Å²) in [7, 11) is 0. The minimum Gasteiger partial charge on any atom is -0.480 e. The number of amides is 1. The molecule has 0 heterocycles. The molecule has 7 heteroatoms. The van der Waals surface area contributed by atoms with E-state index < -0.39 is 12.0 Å². The molecular formula is C36H68N2O5. The van der Waals surface area contributed by atoms with Crippen LogP contribution in [0.4, 0.5) is 0 Å². The second kappa shape index (κ2) is 31.5. The van der Waals surface area contributed by atoms with Crippen LogP contribution >= 0.6 is 0 Å². The maximum Gasteiger partial charge on any atom is 0.326 e. The van der Waals surface area contributed by atoms with Crippen molar-refractivity contribution in [1.29, 1.82) is 0 Å². The van der Waals surface area contributed by atoms with E-state index in [9.17, 15) is 19.5 Å². The van der Waals surface area contributed by atoms with Crippen molar-refractivity contribution in [1.82, 2.24) is 5.32 Å². The van der Waals surface area contributed by atoms with Gasteiger partial charge < -0.3 is 20.9 Å². The van der Waals surface area contributed by atoms with Crippen LogP contribution < -0.4 is 11.1 Å². The van der Waals surface area contributed by atoms with E-state index in [2.05, 4.69) is 31.3 Å². The molecule has 0 bridgehead atoms. The summed E-state index contributed by atoms with van der Waals surface area (Å²) in [6, 6.07) is -0.865. The van der Waals surface area contributed by atoms with Gasteiger partial charge in [0.15, 0.2) is 0 Å². The van der Waals surface area contributed by atoms with Gasteiger partial charge in [0.1, 0.15) is 12.1 Å². The summed E-state index contributed by atoms with van der Waals surface area (Å²) in [5.41, 5.74) is 5.46. The smallest absolute Gasteiger partial charge is 0.326 e. The van der Waals surface area contributed by atoms with Gasteiger partial charge in [0.25, 0.3) is 0 Å². The number of carbonyl (C=O) groups excluding carboxylic acids is 2. The fourth-order valence-electron chi connectivity index (χ4n) is 5.30. The van der Waals surface area contributed by atoms with Crippen LogP contribution in [0.1, 0.15) is 181 Å². The Hall–Kier alpha value is -1.89. The molecule has 4 N–H and O–H groups in total. The van der Waals surface area contributed by atoms with Crippen LogP contribution in [0.2, 0.25) is 0 Å². The lowest BCUT2D eigenvalue weighted by Crippen LogP contribution is -2.40. The number of carboxylic acids is 1. The highest BCUT2D eigenvalue weighted by Gasteiger charge is 2.19. The lowest BCUT2D eigenvalue weighted by atomic mass is 10.0. The number of aliphatic carboxylic acids is 1. The van der Waals surface area contributed by atoms with Crippen LogP contribution in [0, 0.1) is 0 Å². The van der Waals surface area contributed by atoms with Gasteiger partial charge in [0.05, 0.1) is 0 Å². The molecule has 0 rings (SSSR count). The third kappa shape index (κ3) is 28.6. The predicted octanol–water partition coefficient (Wildman–Crippen LogP) is 9.16. The number of ether oxygens (including phenoxy) is 1. The number of rotatable bonds is 32. The lowest BCUT2D eigenvalue weighted by molar-refractivity contribution is -0.147. The van der Waals surface area contributed by atoms with Gasteiger partial charge in [0.2, 0.25) is 5.91 Å². The standard InChI is InChI=1S/C36H68N2O5/c1-3-5-7-9-10-11-12-13-14-15-16-18-24-30-35(40)43-32(26-21-17-8-6-4-2)27-22-19-20-23-29-34(39)38-33(36(41)42)28-25-31-37/h21,26,32-33H,3-20,22-25,27-31,37H2,1-2H3,(H,38,39)(H,41,42)/b26-21-. The van der Waals surface area contributed by atoms with Crippen LogP contribution in [0.5, 0.6) is 0 Å². The maximum atomic E-state index is 12.6. The fourth-order valence-corrected chi connectivity index (χ4v) is 5.30. The number of nitrogens with two attached hydrogens (primary N) is 1. The van der Waals surface area contributed by atoms with Gasteiger partial charge in [-0.1, -0.05) is 123 Å². The van der Waals surface area contributed by atoms with Crippen molar-refractivity contribution >= 4 is 17.8 Å². The van der Waals surface area contributed by atoms with Crippen LogP contribution in [-0.4, -0.2) is 41.6 Å². The molecule has 0 saturated heterocycles. The molecule has 1 amide bonds. The molecule has 43 heavy (non-hydrogen) atoms. The van der Waals surface area contributed by atoms with E-state index in [-0.39, 0.29) is 18.0 Å². The predicted molar refractivity (Wildman–Crippen MR) is 179 cm³/mol. The quantitative estimate of drug-likeness (QED) is 0.0398. The molecule has 0 radical (unpaired) electrons. The molecular weight excluding hydrogens is 540 g/mol. The largest absolute Gasteiger partial charge is 0.480 e. The van der Waals surface area contributed by atoms with Crippen molar-refractivity contribution < 1.29 is 24.2 Å². The molecule has 0 saturated carbocycles. The molecule has 2 unspecified atom stereocenters. The number of carboxylic acid groups (broad SMARTS) is 1. The zero-order valence-electron chi connectivity index (χ0n) is 28.1. The summed E-state index contributed by atoms with van der Waals surface area (Å²) < 4.78 is 5.85. The normalized spacial score (nSPS) is 12.8. The Morgan fingerprint density at radius 3 is 1.74 bits per heavy atom. The Labute approximate surface area is 264 Å². The summed E-state index contributed by atoms with van der Waals surface area (Å²) >= 11 is 0. The summed E-state index contributed by atoms with van der Waals surface area (Å²) in [5, 5.41) is 11.9. The monoisotopic (exact) mass is 609 g/mol. The summed E-state index contributed by atoms with van der Waals surface area (Å²) in [6.45, 7) is 4.87. The van der Waals surface area contributed by atoms with Gasteiger partial charge in [-0.3, -0.25) is 9.59 Å². The average molecular weight is 609 g/mol. The first-order chi connectivity index (χ1) is 20.9. The number of esters is 1. The highest BCUT2D eigenvalue weighted by molar-refractivity contribution is 5.83. The van der Waals surface area contributed by atoms with Crippen molar-refractivity contribution in [2.75, 3.05) is 6.54 Å². The van der Waals surface area contributed by atoms with Crippen LogP contribution in [-0.2, 0) is 19.1 Å². The van der Waals surface area contributed by atoms with Crippen LogP contribution in [0.15, 0.2) is 12.2 Å². The summed E-state index contributed by atoms with van der Waals surface area (Å²) in [4.78, 5) is 36.0. The first kappa shape index (κ1) is 41.1. The van der Waals surface area contributed by atoms with E-state index in [0.29, 0.717) is 38.6 Å². The van der Waals surface area contributed by atoms with Crippen molar-refractivity contribution in [3.63, 3.8) is 0 Å². The minimum atomic E-state index is -1.01. The first-order valence-electron chi connectivity index (χ1n) is 18.0. The minimum absolute atomic E-state index is 0.0921.